The fourth-order valence-electron chi connectivity index (χ4n) is 0.407. The van der Waals surface area contributed by atoms with Crippen molar-refractivity contribution in [3.05, 3.63) is 0 Å². The smallest absolute Gasteiger partial charge is 0.550 e. The van der Waals surface area contributed by atoms with Crippen LogP contribution in [0.15, 0.2) is 0 Å². The fraction of sp³-hybridized carbons (Fsp3) is 0.375. The first-order chi connectivity index (χ1) is 7.66. The van der Waals surface area contributed by atoms with Crippen LogP contribution in [-0.4, -0.2) is 29.7 Å². The summed E-state index contributed by atoms with van der Waals surface area (Å²) < 4.78 is 0. The molecular weight excluding hydrogens is 332 g/mol. The standard InChI is InChI=1S/C4H4O5.C4H6O4.4Na/c5-2(4(8)9)1-3(6)7;5-3(6)1-2-4(7)8;;;;/h1H2,(H,6,7)(H,8,9);1-2H2,(H,5,6)(H,7,8);;;;/q;;4*+1/p-4. The number of aliphatic carboxylic acids is 4. The molecule has 9 nitrogen and oxygen atoms in total. The third kappa shape index (κ3) is 38.9. The molecule has 96 valence electrons. The fourth-order valence-corrected chi connectivity index (χ4v) is 0.407. The summed E-state index contributed by atoms with van der Waals surface area (Å²) in [6.45, 7) is 0. The minimum atomic E-state index is -2.00. The van der Waals surface area contributed by atoms with Gasteiger partial charge in [0.05, 0.1) is 6.42 Å². The van der Waals surface area contributed by atoms with E-state index >= 15 is 0 Å². The van der Waals surface area contributed by atoms with E-state index in [1.807, 2.05) is 0 Å². The molecule has 0 aromatic heterocycles. The number of carbonyl (C=O) groups excluding carboxylic acids is 5. The van der Waals surface area contributed by atoms with Gasteiger partial charge in [-0.3, -0.25) is 4.79 Å². The molecule has 0 N–H and O–H groups in total. The van der Waals surface area contributed by atoms with Crippen LogP contribution in [0.5, 0.6) is 0 Å². The molecule has 0 aromatic carbocycles. The molecule has 0 bridgehead atoms. The Labute approximate surface area is 208 Å². The normalized spacial score (nSPS) is 6.86. The van der Waals surface area contributed by atoms with Crippen LogP contribution in [0.4, 0.5) is 0 Å². The van der Waals surface area contributed by atoms with Gasteiger partial charge < -0.3 is 39.6 Å². The van der Waals surface area contributed by atoms with Crippen molar-refractivity contribution < 1.29 is 163 Å². The molecule has 0 aromatic rings. The van der Waals surface area contributed by atoms with E-state index in [0.717, 1.165) is 0 Å². The first-order valence-electron chi connectivity index (χ1n) is 4.00. The SMILES string of the molecule is O=C([O-])CC(=O)C(=O)[O-].O=C([O-])CCC(=O)[O-].[Na+].[Na+].[Na+].[Na+]. The summed E-state index contributed by atoms with van der Waals surface area (Å²) in [5, 5.41) is 38.0. The first kappa shape index (κ1) is 38.2. The summed E-state index contributed by atoms with van der Waals surface area (Å²) in [6.07, 6.45) is -2.06. The molecule has 0 aliphatic rings. The Morgan fingerprint density at radius 2 is 0.857 bits per heavy atom. The zero-order chi connectivity index (χ0) is 14.0. The molecule has 0 aliphatic carbocycles. The molecular formula is C8H6Na4O9. The van der Waals surface area contributed by atoms with Crippen molar-refractivity contribution in [1.82, 2.24) is 0 Å². The van der Waals surface area contributed by atoms with Crippen LogP contribution < -0.4 is 139 Å². The van der Waals surface area contributed by atoms with Gasteiger partial charge >= 0.3 is 118 Å². The number of hydrogen-bond donors (Lipinski definition) is 0. The molecule has 0 unspecified atom stereocenters. The predicted octanol–water partition coefficient (Wildman–Crippen LogP) is -18.3. The Hall–Kier alpha value is 1.55. The Bertz CT molecular complexity index is 331. The molecule has 0 heterocycles. The van der Waals surface area contributed by atoms with E-state index < -0.39 is 48.9 Å². The molecule has 0 fully saturated rings. The zero-order valence-electron chi connectivity index (χ0n) is 12.3. The van der Waals surface area contributed by atoms with Crippen molar-refractivity contribution in [1.29, 1.82) is 0 Å². The van der Waals surface area contributed by atoms with Crippen molar-refractivity contribution in [2.45, 2.75) is 19.3 Å². The van der Waals surface area contributed by atoms with E-state index in [2.05, 4.69) is 0 Å². The molecule has 0 radical (unpaired) electrons. The maximum atomic E-state index is 9.87. The van der Waals surface area contributed by atoms with Gasteiger partial charge in [-0.05, 0) is 12.8 Å². The maximum absolute atomic E-state index is 9.87. The third-order valence-electron chi connectivity index (χ3n) is 1.07. The van der Waals surface area contributed by atoms with E-state index in [-0.39, 0.29) is 118 Å². The van der Waals surface area contributed by atoms with E-state index in [1.54, 1.807) is 0 Å². The van der Waals surface area contributed by atoms with Crippen LogP contribution in [0.3, 0.4) is 0 Å². The molecule has 0 aliphatic heterocycles. The predicted molar refractivity (Wildman–Crippen MR) is 38.9 cm³/mol. The van der Waals surface area contributed by atoms with Crippen molar-refractivity contribution in [3.8, 4) is 0 Å². The second-order valence-corrected chi connectivity index (χ2v) is 2.50. The largest absolute Gasteiger partial charge is 1.00 e. The van der Waals surface area contributed by atoms with E-state index in [1.165, 1.54) is 0 Å². The van der Waals surface area contributed by atoms with Gasteiger partial charge in [0, 0.05) is 17.9 Å². The van der Waals surface area contributed by atoms with Gasteiger partial charge in [-0.15, -0.1) is 0 Å². The van der Waals surface area contributed by atoms with Crippen molar-refractivity contribution >= 4 is 29.7 Å². The number of rotatable bonds is 6. The van der Waals surface area contributed by atoms with Gasteiger partial charge in [0.2, 0.25) is 0 Å². The summed E-state index contributed by atoms with van der Waals surface area (Å²) in [6, 6.07) is 0. The second-order valence-electron chi connectivity index (χ2n) is 2.50. The number of carbonyl (C=O) groups is 5. The van der Waals surface area contributed by atoms with Gasteiger partial charge in [0.1, 0.15) is 5.97 Å². The number of ketones is 1. The molecule has 0 atom stereocenters. The van der Waals surface area contributed by atoms with Crippen LogP contribution >= 0.6 is 0 Å². The van der Waals surface area contributed by atoms with Gasteiger partial charge in [0.25, 0.3) is 0 Å². The van der Waals surface area contributed by atoms with Crippen LogP contribution in [0, 0.1) is 0 Å². The van der Waals surface area contributed by atoms with E-state index in [4.69, 9.17) is 0 Å². The minimum Gasteiger partial charge on any atom is -0.550 e. The molecule has 0 saturated heterocycles. The number of carboxylic acid groups (broad SMARTS) is 4. The monoisotopic (exact) mass is 338 g/mol. The molecule has 0 spiro atoms. The van der Waals surface area contributed by atoms with Crippen molar-refractivity contribution in [3.63, 3.8) is 0 Å². The molecule has 0 amide bonds. The topological polar surface area (TPSA) is 178 Å². The Morgan fingerprint density at radius 3 is 0.952 bits per heavy atom. The first-order valence-corrected chi connectivity index (χ1v) is 4.00. The molecule has 0 rings (SSSR count). The van der Waals surface area contributed by atoms with Gasteiger partial charge in [-0.2, -0.15) is 0 Å². The summed E-state index contributed by atoms with van der Waals surface area (Å²) in [4.78, 5) is 47.8. The van der Waals surface area contributed by atoms with Crippen molar-refractivity contribution in [2.75, 3.05) is 0 Å². The van der Waals surface area contributed by atoms with Gasteiger partial charge in [-0.1, -0.05) is 0 Å². The van der Waals surface area contributed by atoms with Crippen LogP contribution in [-0.2, 0) is 24.0 Å². The average molecular weight is 338 g/mol. The summed E-state index contributed by atoms with van der Waals surface area (Å²) in [5.74, 6) is -7.93. The number of Topliss-reactive ketones (excluding diaryl/α,β-unsaturated/α-hetero) is 1. The Kier molecular flexibility index (Phi) is 43.4. The van der Waals surface area contributed by atoms with Crippen LogP contribution in [0.1, 0.15) is 19.3 Å². The Morgan fingerprint density at radius 1 is 0.571 bits per heavy atom. The van der Waals surface area contributed by atoms with E-state index in [9.17, 15) is 44.4 Å². The maximum Gasteiger partial charge on any atom is 1.00 e. The van der Waals surface area contributed by atoms with Gasteiger partial charge in [-0.25, -0.2) is 0 Å². The summed E-state index contributed by atoms with van der Waals surface area (Å²) in [5.41, 5.74) is 0. The average Bonchev–Trinajstić information content (AvgIpc) is 2.14. The zero-order valence-corrected chi connectivity index (χ0v) is 20.3. The number of hydrogen-bond acceptors (Lipinski definition) is 9. The minimum absolute atomic E-state index is 0. The Balaban J connectivity index is -0.0000000452. The molecule has 0 saturated carbocycles. The van der Waals surface area contributed by atoms with E-state index in [0.29, 0.717) is 0 Å². The quantitative estimate of drug-likeness (QED) is 0.258. The third-order valence-corrected chi connectivity index (χ3v) is 1.07. The van der Waals surface area contributed by atoms with Crippen LogP contribution in [0.2, 0.25) is 0 Å². The van der Waals surface area contributed by atoms with Crippen molar-refractivity contribution in [2.24, 2.45) is 0 Å². The molecule has 13 heteroatoms. The van der Waals surface area contributed by atoms with Crippen LogP contribution in [0.25, 0.3) is 0 Å². The number of carboxylic acids is 4. The summed E-state index contributed by atoms with van der Waals surface area (Å²) >= 11 is 0. The molecule has 21 heavy (non-hydrogen) atoms. The van der Waals surface area contributed by atoms with Gasteiger partial charge in [0.15, 0.2) is 5.78 Å². The summed E-state index contributed by atoms with van der Waals surface area (Å²) in [7, 11) is 0. The second kappa shape index (κ2) is 23.8.